The largest absolute Gasteiger partial charge is 0.366 e. The third-order valence-corrected chi connectivity index (χ3v) is 3.99. The highest BCUT2D eigenvalue weighted by Gasteiger charge is 2.09. The predicted octanol–water partition coefficient (Wildman–Crippen LogP) is 4.51. The van der Waals surface area contributed by atoms with Gasteiger partial charge in [-0.1, -0.05) is 55.5 Å². The van der Waals surface area contributed by atoms with E-state index in [2.05, 4.69) is 34.7 Å². The number of nitrogens with one attached hydrogen (secondary N) is 2. The number of carbonyl (C=O) groups excluding carboxylic acids is 1. The topological polar surface area (TPSA) is 54.0 Å². The van der Waals surface area contributed by atoms with E-state index in [4.69, 9.17) is 0 Å². The fraction of sp³-hybridized carbons (Fsp3) is 0.143. The Hall–Kier alpha value is -3.14. The molecule has 0 saturated carbocycles. The van der Waals surface area contributed by atoms with Gasteiger partial charge in [0.2, 0.25) is 0 Å². The lowest BCUT2D eigenvalue weighted by Gasteiger charge is -2.10. The van der Waals surface area contributed by atoms with Gasteiger partial charge in [-0.25, -0.2) is 4.98 Å². The molecule has 0 fully saturated rings. The van der Waals surface area contributed by atoms with Crippen molar-refractivity contribution in [1.29, 1.82) is 0 Å². The van der Waals surface area contributed by atoms with Gasteiger partial charge in [0.1, 0.15) is 5.82 Å². The van der Waals surface area contributed by atoms with Crippen molar-refractivity contribution in [3.8, 4) is 0 Å². The summed E-state index contributed by atoms with van der Waals surface area (Å²) in [7, 11) is 0. The summed E-state index contributed by atoms with van der Waals surface area (Å²) in [6, 6.07) is 21.6. The van der Waals surface area contributed by atoms with Crippen LogP contribution in [0.3, 0.4) is 0 Å². The van der Waals surface area contributed by atoms with Crippen LogP contribution in [0.2, 0.25) is 0 Å². The molecule has 1 aromatic heterocycles. The zero-order valence-electron chi connectivity index (χ0n) is 14.2. The number of amides is 1. The van der Waals surface area contributed by atoms with E-state index in [1.807, 2.05) is 48.5 Å². The lowest BCUT2D eigenvalue weighted by atomic mass is 10.1. The number of nitrogens with zero attached hydrogens (tertiary/aromatic N) is 1. The number of hydrogen-bond acceptors (Lipinski definition) is 3. The number of pyridine rings is 1. The smallest absolute Gasteiger partial charge is 0.257 e. The van der Waals surface area contributed by atoms with Crippen LogP contribution in [-0.2, 0) is 13.0 Å². The zero-order chi connectivity index (χ0) is 17.5. The number of aromatic nitrogens is 1. The molecule has 4 heteroatoms. The summed E-state index contributed by atoms with van der Waals surface area (Å²) >= 11 is 0. The van der Waals surface area contributed by atoms with Crippen molar-refractivity contribution >= 4 is 17.4 Å². The Kier molecular flexibility index (Phi) is 5.42. The van der Waals surface area contributed by atoms with Crippen LogP contribution in [-0.4, -0.2) is 10.9 Å². The van der Waals surface area contributed by atoms with Crippen molar-refractivity contribution in [2.75, 3.05) is 10.6 Å². The Balaban J connectivity index is 1.62. The molecule has 2 N–H and O–H groups in total. The molecule has 0 aliphatic carbocycles. The molecule has 1 heterocycles. The third kappa shape index (κ3) is 4.44. The predicted molar refractivity (Wildman–Crippen MR) is 102 cm³/mol. The first-order chi connectivity index (χ1) is 12.3. The number of hydrogen-bond donors (Lipinski definition) is 2. The molecule has 0 bridgehead atoms. The maximum Gasteiger partial charge on any atom is 0.257 e. The highest BCUT2D eigenvalue weighted by Crippen LogP contribution is 2.17. The van der Waals surface area contributed by atoms with Gasteiger partial charge in [-0.3, -0.25) is 4.79 Å². The summed E-state index contributed by atoms with van der Waals surface area (Å²) in [5.74, 6) is 0.595. The first-order valence-corrected chi connectivity index (χ1v) is 8.39. The average molecular weight is 331 g/mol. The van der Waals surface area contributed by atoms with Crippen LogP contribution < -0.4 is 10.6 Å². The van der Waals surface area contributed by atoms with Gasteiger partial charge in [-0.15, -0.1) is 0 Å². The van der Waals surface area contributed by atoms with Gasteiger partial charge in [-0.2, -0.15) is 0 Å². The van der Waals surface area contributed by atoms with Gasteiger partial charge in [0, 0.05) is 18.4 Å². The molecule has 0 spiro atoms. The van der Waals surface area contributed by atoms with Crippen LogP contribution in [0.4, 0.5) is 11.5 Å². The van der Waals surface area contributed by atoms with E-state index in [-0.39, 0.29) is 5.91 Å². The van der Waals surface area contributed by atoms with E-state index in [0.29, 0.717) is 12.1 Å². The van der Waals surface area contributed by atoms with Crippen molar-refractivity contribution in [1.82, 2.24) is 4.98 Å². The molecule has 0 saturated heterocycles. The fourth-order valence-corrected chi connectivity index (χ4v) is 2.57. The SMILES string of the molecule is CCc1ccccc1NC(=O)c1ccc(NCc2ccccc2)nc1. The minimum atomic E-state index is -0.150. The van der Waals surface area contributed by atoms with E-state index >= 15 is 0 Å². The molecule has 3 rings (SSSR count). The molecule has 25 heavy (non-hydrogen) atoms. The minimum absolute atomic E-state index is 0.150. The summed E-state index contributed by atoms with van der Waals surface area (Å²) in [6.45, 7) is 2.77. The normalized spacial score (nSPS) is 10.3. The van der Waals surface area contributed by atoms with Crippen molar-refractivity contribution in [3.05, 3.63) is 89.6 Å². The molecule has 4 nitrogen and oxygen atoms in total. The maximum atomic E-state index is 12.4. The second-order valence-corrected chi connectivity index (χ2v) is 5.74. The second kappa shape index (κ2) is 8.11. The number of anilines is 2. The van der Waals surface area contributed by atoms with Gasteiger partial charge >= 0.3 is 0 Å². The quantitative estimate of drug-likeness (QED) is 0.699. The summed E-state index contributed by atoms with van der Waals surface area (Å²) < 4.78 is 0. The Morgan fingerprint density at radius 3 is 2.44 bits per heavy atom. The summed E-state index contributed by atoms with van der Waals surface area (Å²) in [4.78, 5) is 16.7. The average Bonchev–Trinajstić information content (AvgIpc) is 2.68. The van der Waals surface area contributed by atoms with Crippen LogP contribution in [0.25, 0.3) is 0 Å². The number of rotatable bonds is 6. The van der Waals surface area contributed by atoms with Crippen LogP contribution in [0.5, 0.6) is 0 Å². The first kappa shape index (κ1) is 16.7. The van der Waals surface area contributed by atoms with Crippen LogP contribution >= 0.6 is 0 Å². The zero-order valence-corrected chi connectivity index (χ0v) is 14.2. The minimum Gasteiger partial charge on any atom is -0.366 e. The fourth-order valence-electron chi connectivity index (χ4n) is 2.57. The van der Waals surface area contributed by atoms with Crippen LogP contribution in [0, 0.1) is 0 Å². The maximum absolute atomic E-state index is 12.4. The Bertz CT molecular complexity index is 829. The Morgan fingerprint density at radius 2 is 1.72 bits per heavy atom. The van der Waals surface area contributed by atoms with Gasteiger partial charge < -0.3 is 10.6 Å². The van der Waals surface area contributed by atoms with E-state index in [1.165, 1.54) is 5.56 Å². The first-order valence-electron chi connectivity index (χ1n) is 8.39. The second-order valence-electron chi connectivity index (χ2n) is 5.74. The van der Waals surface area contributed by atoms with E-state index in [1.54, 1.807) is 12.3 Å². The van der Waals surface area contributed by atoms with E-state index in [9.17, 15) is 4.79 Å². The van der Waals surface area contributed by atoms with E-state index in [0.717, 1.165) is 23.5 Å². The number of benzene rings is 2. The molecule has 2 aromatic carbocycles. The Labute approximate surface area is 147 Å². The monoisotopic (exact) mass is 331 g/mol. The van der Waals surface area contributed by atoms with Crippen LogP contribution in [0.1, 0.15) is 28.4 Å². The molecule has 126 valence electrons. The molecule has 0 radical (unpaired) electrons. The van der Waals surface area contributed by atoms with E-state index < -0.39 is 0 Å². The van der Waals surface area contributed by atoms with Gasteiger partial charge in [-0.05, 0) is 35.7 Å². The van der Waals surface area contributed by atoms with Crippen molar-refractivity contribution in [2.24, 2.45) is 0 Å². The molecule has 0 aliphatic rings. The molecular weight excluding hydrogens is 310 g/mol. The Morgan fingerprint density at radius 1 is 0.960 bits per heavy atom. The lowest BCUT2D eigenvalue weighted by molar-refractivity contribution is 0.102. The molecule has 0 atom stereocenters. The van der Waals surface area contributed by atoms with Gasteiger partial charge in [0.05, 0.1) is 5.56 Å². The number of aryl methyl sites for hydroxylation is 1. The third-order valence-electron chi connectivity index (χ3n) is 3.99. The summed E-state index contributed by atoms with van der Waals surface area (Å²) in [6.07, 6.45) is 2.47. The molecule has 0 aliphatic heterocycles. The van der Waals surface area contributed by atoms with Gasteiger partial charge in [0.25, 0.3) is 5.91 Å². The van der Waals surface area contributed by atoms with Gasteiger partial charge in [0.15, 0.2) is 0 Å². The number of carbonyl (C=O) groups is 1. The highest BCUT2D eigenvalue weighted by molar-refractivity contribution is 6.04. The summed E-state index contributed by atoms with van der Waals surface area (Å²) in [5.41, 5.74) is 3.68. The number of para-hydroxylation sites is 1. The molecule has 1 amide bonds. The highest BCUT2D eigenvalue weighted by atomic mass is 16.1. The molecule has 0 unspecified atom stereocenters. The lowest BCUT2D eigenvalue weighted by Crippen LogP contribution is -2.13. The van der Waals surface area contributed by atoms with Crippen LogP contribution in [0.15, 0.2) is 72.9 Å². The van der Waals surface area contributed by atoms with Crippen molar-refractivity contribution in [2.45, 2.75) is 19.9 Å². The molecule has 3 aromatic rings. The standard InChI is InChI=1S/C21H21N3O/c1-2-17-10-6-7-11-19(17)24-21(25)18-12-13-20(23-15-18)22-14-16-8-4-3-5-9-16/h3-13,15H,2,14H2,1H3,(H,22,23)(H,24,25). The van der Waals surface area contributed by atoms with Crippen molar-refractivity contribution in [3.63, 3.8) is 0 Å². The molecular formula is C21H21N3O. The van der Waals surface area contributed by atoms with Crippen molar-refractivity contribution < 1.29 is 4.79 Å². The summed E-state index contributed by atoms with van der Waals surface area (Å²) in [5, 5.41) is 6.21.